The third kappa shape index (κ3) is 2.91. The summed E-state index contributed by atoms with van der Waals surface area (Å²) < 4.78 is 4.94. The van der Waals surface area contributed by atoms with Gasteiger partial charge in [0.1, 0.15) is 5.75 Å². The largest absolute Gasteiger partial charge is 0.423 e. The minimum absolute atomic E-state index is 0.0471. The molecule has 1 aromatic rings. The molecule has 0 atom stereocenters. The summed E-state index contributed by atoms with van der Waals surface area (Å²) in [5.41, 5.74) is 0.312. The van der Waals surface area contributed by atoms with E-state index >= 15 is 0 Å². The Morgan fingerprint density at radius 2 is 2.00 bits per heavy atom. The van der Waals surface area contributed by atoms with E-state index in [0.717, 1.165) is 0 Å². The van der Waals surface area contributed by atoms with Gasteiger partial charge in [0, 0.05) is 17.7 Å². The van der Waals surface area contributed by atoms with Crippen molar-refractivity contribution >= 4 is 11.7 Å². The van der Waals surface area contributed by atoms with Crippen LogP contribution in [0.5, 0.6) is 5.75 Å². The van der Waals surface area contributed by atoms with Crippen molar-refractivity contribution in [2.75, 3.05) is 0 Å². The van der Waals surface area contributed by atoms with Crippen LogP contribution in [0.2, 0.25) is 0 Å². The number of benzene rings is 1. The topological polar surface area (TPSA) is 69.4 Å². The van der Waals surface area contributed by atoms with Gasteiger partial charge < -0.3 is 4.74 Å². The monoisotopic (exact) mass is 221 g/mol. The number of non-ortho nitro benzene ring substituents is 1. The molecule has 0 radical (unpaired) electrons. The van der Waals surface area contributed by atoms with Crippen LogP contribution in [0.4, 0.5) is 5.69 Å². The van der Waals surface area contributed by atoms with Crippen molar-refractivity contribution in [1.82, 2.24) is 0 Å². The first-order valence-corrected chi connectivity index (χ1v) is 4.69. The average Bonchev–Trinajstić information content (AvgIpc) is 2.28. The predicted molar refractivity (Wildman–Crippen MR) is 58.2 cm³/mol. The van der Waals surface area contributed by atoms with Gasteiger partial charge in [-0.3, -0.25) is 10.1 Å². The molecule has 0 spiro atoms. The van der Waals surface area contributed by atoms with Gasteiger partial charge in [0.2, 0.25) is 0 Å². The fraction of sp³-hybridized carbons (Fsp3) is 0.182. The van der Waals surface area contributed by atoms with Crippen LogP contribution >= 0.6 is 0 Å². The first-order chi connectivity index (χ1) is 7.54. The maximum atomic E-state index is 11.3. The Morgan fingerprint density at radius 1 is 1.44 bits per heavy atom. The third-order valence-electron chi connectivity index (χ3n) is 1.97. The number of carbonyl (C=O) groups is 1. The van der Waals surface area contributed by atoms with Crippen molar-refractivity contribution in [1.29, 1.82) is 0 Å². The highest BCUT2D eigenvalue weighted by Crippen LogP contribution is 2.18. The van der Waals surface area contributed by atoms with Crippen molar-refractivity contribution < 1.29 is 14.5 Å². The van der Waals surface area contributed by atoms with Crippen LogP contribution in [-0.4, -0.2) is 10.9 Å². The molecule has 0 bridgehead atoms. The standard InChI is InChI=1S/C11H11NO4/c1-3-8(2)11(13)16-10-6-4-9(5-7-10)12(14)15/h4-7H,2-3H2,1H3. The van der Waals surface area contributed by atoms with Gasteiger partial charge in [0.15, 0.2) is 0 Å². The molecule has 0 aliphatic carbocycles. The second-order valence-electron chi connectivity index (χ2n) is 3.10. The molecule has 0 saturated carbocycles. The van der Waals surface area contributed by atoms with Gasteiger partial charge in [-0.25, -0.2) is 4.79 Å². The number of esters is 1. The molecule has 1 rings (SSSR count). The molecule has 84 valence electrons. The van der Waals surface area contributed by atoms with Crippen molar-refractivity contribution in [2.24, 2.45) is 0 Å². The first-order valence-electron chi connectivity index (χ1n) is 4.69. The summed E-state index contributed by atoms with van der Waals surface area (Å²) in [6, 6.07) is 5.30. The van der Waals surface area contributed by atoms with Crippen LogP contribution in [0.15, 0.2) is 36.4 Å². The lowest BCUT2D eigenvalue weighted by atomic mass is 10.2. The zero-order valence-corrected chi connectivity index (χ0v) is 8.80. The number of ether oxygens (including phenoxy) is 1. The minimum atomic E-state index is -0.517. The molecule has 1 aromatic carbocycles. The van der Waals surface area contributed by atoms with Gasteiger partial charge in [-0.15, -0.1) is 0 Å². The Balaban J connectivity index is 2.72. The third-order valence-corrected chi connectivity index (χ3v) is 1.97. The Morgan fingerprint density at radius 3 is 2.44 bits per heavy atom. The lowest BCUT2D eigenvalue weighted by Crippen LogP contribution is -2.09. The fourth-order valence-electron chi connectivity index (χ4n) is 0.959. The SMILES string of the molecule is C=C(CC)C(=O)Oc1ccc([N+](=O)[O-])cc1. The van der Waals surface area contributed by atoms with Crippen LogP contribution in [-0.2, 0) is 4.79 Å². The predicted octanol–water partition coefficient (Wildman–Crippen LogP) is 2.47. The molecule has 0 heterocycles. The molecule has 16 heavy (non-hydrogen) atoms. The summed E-state index contributed by atoms with van der Waals surface area (Å²) in [5.74, 6) is -0.249. The van der Waals surface area contributed by atoms with Crippen molar-refractivity contribution in [3.8, 4) is 5.75 Å². The normalized spacial score (nSPS) is 9.56. The van der Waals surface area contributed by atoms with Crippen LogP contribution in [0, 0.1) is 10.1 Å². The van der Waals surface area contributed by atoms with Crippen molar-refractivity contribution in [2.45, 2.75) is 13.3 Å². The van der Waals surface area contributed by atoms with Crippen LogP contribution < -0.4 is 4.74 Å². The molecule has 0 aliphatic heterocycles. The van der Waals surface area contributed by atoms with E-state index in [-0.39, 0.29) is 11.4 Å². The summed E-state index contributed by atoms with van der Waals surface area (Å²) in [6.07, 6.45) is 0.506. The van der Waals surface area contributed by atoms with E-state index < -0.39 is 10.9 Å². The minimum Gasteiger partial charge on any atom is -0.423 e. The molecule has 0 aliphatic rings. The van der Waals surface area contributed by atoms with Gasteiger partial charge in [-0.2, -0.15) is 0 Å². The van der Waals surface area contributed by atoms with Gasteiger partial charge in [-0.05, 0) is 18.6 Å². The molecule has 5 heteroatoms. The molecule has 0 fully saturated rings. The summed E-state index contributed by atoms with van der Waals surface area (Å²) in [4.78, 5) is 21.2. The van der Waals surface area contributed by atoms with E-state index in [9.17, 15) is 14.9 Å². The molecule has 0 amide bonds. The molecular formula is C11H11NO4. The fourth-order valence-corrected chi connectivity index (χ4v) is 0.959. The summed E-state index contributed by atoms with van der Waals surface area (Å²) in [6.45, 7) is 5.32. The van der Waals surface area contributed by atoms with Gasteiger partial charge in [-0.1, -0.05) is 13.5 Å². The van der Waals surface area contributed by atoms with Crippen LogP contribution in [0.25, 0.3) is 0 Å². The lowest BCUT2D eigenvalue weighted by Gasteiger charge is -2.04. The molecule has 0 aromatic heterocycles. The number of nitro benzene ring substituents is 1. The zero-order valence-electron chi connectivity index (χ0n) is 8.80. The quantitative estimate of drug-likeness (QED) is 0.257. The summed E-state index contributed by atoms with van der Waals surface area (Å²) in [7, 11) is 0. The van der Waals surface area contributed by atoms with Crippen molar-refractivity contribution in [3.63, 3.8) is 0 Å². The van der Waals surface area contributed by atoms with E-state index in [2.05, 4.69) is 6.58 Å². The highest BCUT2D eigenvalue weighted by molar-refractivity contribution is 5.89. The Bertz CT molecular complexity index is 422. The first kappa shape index (κ1) is 11.9. The molecule has 0 unspecified atom stereocenters. The molecule has 0 N–H and O–H groups in total. The Labute approximate surface area is 92.5 Å². The molecule has 0 saturated heterocycles. The maximum absolute atomic E-state index is 11.3. The van der Waals surface area contributed by atoms with E-state index in [1.54, 1.807) is 6.92 Å². The van der Waals surface area contributed by atoms with Crippen molar-refractivity contribution in [3.05, 3.63) is 46.5 Å². The van der Waals surface area contributed by atoms with E-state index in [0.29, 0.717) is 12.0 Å². The second kappa shape index (κ2) is 5.06. The van der Waals surface area contributed by atoms with E-state index in [1.807, 2.05) is 0 Å². The number of hydrogen-bond donors (Lipinski definition) is 0. The van der Waals surface area contributed by atoms with E-state index in [1.165, 1.54) is 24.3 Å². The van der Waals surface area contributed by atoms with Gasteiger partial charge in [0.05, 0.1) is 4.92 Å². The molecule has 5 nitrogen and oxygen atoms in total. The summed E-state index contributed by atoms with van der Waals surface area (Å²) in [5, 5.41) is 10.4. The van der Waals surface area contributed by atoms with E-state index in [4.69, 9.17) is 4.74 Å². The summed E-state index contributed by atoms with van der Waals surface area (Å²) >= 11 is 0. The van der Waals surface area contributed by atoms with Crippen LogP contribution in [0.3, 0.4) is 0 Å². The zero-order chi connectivity index (χ0) is 12.1. The number of hydrogen-bond acceptors (Lipinski definition) is 4. The van der Waals surface area contributed by atoms with Gasteiger partial charge in [0.25, 0.3) is 5.69 Å². The number of nitrogens with zero attached hydrogens (tertiary/aromatic N) is 1. The Kier molecular flexibility index (Phi) is 3.77. The highest BCUT2D eigenvalue weighted by atomic mass is 16.6. The number of carbonyl (C=O) groups excluding carboxylic acids is 1. The second-order valence-corrected chi connectivity index (χ2v) is 3.10. The number of nitro groups is 1. The van der Waals surface area contributed by atoms with Crippen LogP contribution in [0.1, 0.15) is 13.3 Å². The highest BCUT2D eigenvalue weighted by Gasteiger charge is 2.09. The lowest BCUT2D eigenvalue weighted by molar-refractivity contribution is -0.384. The smallest absolute Gasteiger partial charge is 0.338 e. The Hall–Kier alpha value is -2.17. The molecular weight excluding hydrogens is 210 g/mol. The van der Waals surface area contributed by atoms with Gasteiger partial charge >= 0.3 is 5.97 Å². The number of rotatable bonds is 4. The maximum Gasteiger partial charge on any atom is 0.338 e. The average molecular weight is 221 g/mol.